The fourth-order valence-electron chi connectivity index (χ4n) is 1.90. The van der Waals surface area contributed by atoms with Crippen molar-refractivity contribution >= 4 is 0 Å². The van der Waals surface area contributed by atoms with Crippen LogP contribution in [0.25, 0.3) is 0 Å². The maximum absolute atomic E-state index is 13.5. The molecule has 0 amide bonds. The zero-order valence-electron chi connectivity index (χ0n) is 8.67. The zero-order chi connectivity index (χ0) is 11.7. The van der Waals surface area contributed by atoms with Crippen LogP contribution in [0, 0.1) is 11.6 Å². The molecule has 3 N–H and O–H groups in total. The van der Waals surface area contributed by atoms with Gasteiger partial charge in [-0.3, -0.25) is 0 Å². The minimum Gasteiger partial charge on any atom is -0.493 e. The first-order chi connectivity index (χ1) is 7.65. The molecule has 0 saturated carbocycles. The highest BCUT2D eigenvalue weighted by Gasteiger charge is 2.26. The van der Waals surface area contributed by atoms with E-state index >= 15 is 0 Å². The lowest BCUT2D eigenvalue weighted by molar-refractivity contribution is 0.171. The van der Waals surface area contributed by atoms with Gasteiger partial charge in [0.05, 0.1) is 18.3 Å². The van der Waals surface area contributed by atoms with Crippen LogP contribution >= 0.6 is 0 Å². The van der Waals surface area contributed by atoms with Crippen molar-refractivity contribution in [1.29, 1.82) is 0 Å². The molecule has 1 aliphatic heterocycles. The number of hydrogen-bond donors (Lipinski definition) is 2. The fraction of sp³-hybridized carbons (Fsp3) is 0.455. The number of aliphatic hydroxyl groups is 1. The summed E-state index contributed by atoms with van der Waals surface area (Å²) in [5.74, 6) is -1.31. The third kappa shape index (κ3) is 1.76. The van der Waals surface area contributed by atoms with E-state index in [2.05, 4.69) is 0 Å². The van der Waals surface area contributed by atoms with Gasteiger partial charge in [0.25, 0.3) is 0 Å². The summed E-state index contributed by atoms with van der Waals surface area (Å²) >= 11 is 0. The second kappa shape index (κ2) is 4.35. The Morgan fingerprint density at radius 3 is 2.88 bits per heavy atom. The van der Waals surface area contributed by atoms with E-state index < -0.39 is 17.7 Å². The van der Waals surface area contributed by atoms with Crippen molar-refractivity contribution in [2.75, 3.05) is 13.2 Å². The van der Waals surface area contributed by atoms with Crippen molar-refractivity contribution in [2.45, 2.75) is 18.9 Å². The molecule has 1 aromatic rings. The quantitative estimate of drug-likeness (QED) is 0.803. The van der Waals surface area contributed by atoms with Gasteiger partial charge in [0.2, 0.25) is 0 Å². The molecular weight excluding hydrogens is 216 g/mol. The molecule has 2 rings (SSSR count). The van der Waals surface area contributed by atoms with E-state index in [1.165, 1.54) is 0 Å². The van der Waals surface area contributed by atoms with Crippen LogP contribution in [-0.4, -0.2) is 18.3 Å². The van der Waals surface area contributed by atoms with Gasteiger partial charge in [0.15, 0.2) is 0 Å². The number of rotatable bonds is 2. The van der Waals surface area contributed by atoms with E-state index in [0.29, 0.717) is 25.0 Å². The molecule has 0 spiro atoms. The number of benzene rings is 1. The first-order valence-electron chi connectivity index (χ1n) is 5.17. The molecule has 0 saturated heterocycles. The summed E-state index contributed by atoms with van der Waals surface area (Å²) in [4.78, 5) is 0. The number of hydrogen-bond acceptors (Lipinski definition) is 3. The molecule has 0 aromatic heterocycles. The molecule has 88 valence electrons. The van der Waals surface area contributed by atoms with Crippen molar-refractivity contribution in [3.63, 3.8) is 0 Å². The van der Waals surface area contributed by atoms with Crippen LogP contribution in [0.15, 0.2) is 6.07 Å². The number of aliphatic hydroxyl groups excluding tert-OH is 1. The van der Waals surface area contributed by atoms with Crippen LogP contribution in [0.2, 0.25) is 0 Å². The molecule has 1 aliphatic rings. The predicted molar refractivity (Wildman–Crippen MR) is 54.2 cm³/mol. The minimum absolute atomic E-state index is 0.0291. The lowest BCUT2D eigenvalue weighted by Crippen LogP contribution is -2.19. The summed E-state index contributed by atoms with van der Waals surface area (Å²) in [6.07, 6.45) is 0.0202. The summed E-state index contributed by atoms with van der Waals surface area (Å²) in [5.41, 5.74) is 5.58. The predicted octanol–water partition coefficient (Wildman–Crippen LogP) is 1.28. The normalized spacial score (nSPS) is 16.5. The number of halogens is 2. The molecule has 0 aliphatic carbocycles. The highest BCUT2D eigenvalue weighted by atomic mass is 19.1. The van der Waals surface area contributed by atoms with E-state index in [-0.39, 0.29) is 17.9 Å². The SMILES string of the molecule is NCC(O)c1c(F)cc(F)c2c1OCCC2. The van der Waals surface area contributed by atoms with Crippen LogP contribution in [0.5, 0.6) is 5.75 Å². The molecule has 16 heavy (non-hydrogen) atoms. The average molecular weight is 229 g/mol. The maximum Gasteiger partial charge on any atom is 0.135 e. The summed E-state index contributed by atoms with van der Waals surface area (Å²) in [7, 11) is 0. The summed E-state index contributed by atoms with van der Waals surface area (Å²) in [5, 5.41) is 9.59. The molecule has 1 unspecified atom stereocenters. The highest BCUT2D eigenvalue weighted by molar-refractivity contribution is 5.46. The van der Waals surface area contributed by atoms with Gasteiger partial charge in [-0.15, -0.1) is 0 Å². The maximum atomic E-state index is 13.5. The Hall–Kier alpha value is -1.20. The van der Waals surface area contributed by atoms with E-state index in [0.717, 1.165) is 6.07 Å². The molecular formula is C11H13F2NO2. The highest BCUT2D eigenvalue weighted by Crippen LogP contribution is 2.36. The van der Waals surface area contributed by atoms with Crippen LogP contribution in [0.1, 0.15) is 23.7 Å². The molecule has 0 radical (unpaired) electrons. The molecule has 1 aromatic carbocycles. The van der Waals surface area contributed by atoms with E-state index in [9.17, 15) is 13.9 Å². The van der Waals surface area contributed by atoms with Gasteiger partial charge in [0.1, 0.15) is 17.4 Å². The van der Waals surface area contributed by atoms with Crippen molar-refractivity contribution in [3.8, 4) is 5.75 Å². The Balaban J connectivity index is 2.58. The summed E-state index contributed by atoms with van der Waals surface area (Å²) in [6, 6.07) is 0.779. The number of ether oxygens (including phenoxy) is 1. The third-order valence-electron chi connectivity index (χ3n) is 2.69. The lowest BCUT2D eigenvalue weighted by atomic mass is 9.98. The van der Waals surface area contributed by atoms with Crippen molar-refractivity contribution in [2.24, 2.45) is 5.73 Å². The minimum atomic E-state index is -1.16. The Labute approximate surface area is 91.8 Å². The van der Waals surface area contributed by atoms with Crippen molar-refractivity contribution < 1.29 is 18.6 Å². The monoisotopic (exact) mass is 229 g/mol. The molecule has 5 heteroatoms. The van der Waals surface area contributed by atoms with Crippen molar-refractivity contribution in [3.05, 3.63) is 28.8 Å². The molecule has 0 fully saturated rings. The number of fused-ring (bicyclic) bond motifs is 1. The van der Waals surface area contributed by atoms with Crippen LogP contribution < -0.4 is 10.5 Å². The van der Waals surface area contributed by atoms with Crippen LogP contribution in [0.3, 0.4) is 0 Å². The Bertz CT molecular complexity index is 409. The Morgan fingerprint density at radius 1 is 1.44 bits per heavy atom. The molecule has 1 heterocycles. The van der Waals surface area contributed by atoms with E-state index in [1.54, 1.807) is 0 Å². The van der Waals surface area contributed by atoms with Gasteiger partial charge >= 0.3 is 0 Å². The fourth-order valence-corrected chi connectivity index (χ4v) is 1.90. The van der Waals surface area contributed by atoms with Crippen LogP contribution in [0.4, 0.5) is 8.78 Å². The third-order valence-corrected chi connectivity index (χ3v) is 2.69. The van der Waals surface area contributed by atoms with Crippen molar-refractivity contribution in [1.82, 2.24) is 0 Å². The second-order valence-corrected chi connectivity index (χ2v) is 3.77. The first-order valence-corrected chi connectivity index (χ1v) is 5.17. The van der Waals surface area contributed by atoms with Gasteiger partial charge in [-0.1, -0.05) is 0 Å². The summed E-state index contributed by atoms with van der Waals surface area (Å²) in [6.45, 7) is 0.276. The van der Waals surface area contributed by atoms with E-state index in [4.69, 9.17) is 10.5 Å². The largest absolute Gasteiger partial charge is 0.493 e. The van der Waals surface area contributed by atoms with E-state index in [1.807, 2.05) is 0 Å². The van der Waals surface area contributed by atoms with Gasteiger partial charge < -0.3 is 15.6 Å². The topological polar surface area (TPSA) is 55.5 Å². The molecule has 1 atom stereocenters. The standard InChI is InChI=1S/C11H13F2NO2/c12-7-4-8(13)10(9(15)5-14)11-6(7)2-1-3-16-11/h4,9,15H,1-3,5,14H2. The van der Waals surface area contributed by atoms with Crippen LogP contribution in [-0.2, 0) is 6.42 Å². The molecule has 3 nitrogen and oxygen atoms in total. The Morgan fingerprint density at radius 2 is 2.19 bits per heavy atom. The molecule has 0 bridgehead atoms. The first kappa shape index (κ1) is 11.3. The van der Waals surface area contributed by atoms with Gasteiger partial charge in [-0.2, -0.15) is 0 Å². The average Bonchev–Trinajstić information content (AvgIpc) is 2.28. The summed E-state index contributed by atoms with van der Waals surface area (Å²) < 4.78 is 32.2. The lowest BCUT2D eigenvalue weighted by Gasteiger charge is -2.23. The second-order valence-electron chi connectivity index (χ2n) is 3.77. The smallest absolute Gasteiger partial charge is 0.135 e. The zero-order valence-corrected chi connectivity index (χ0v) is 8.67. The number of nitrogens with two attached hydrogens (primary N) is 1. The van der Waals surface area contributed by atoms with Gasteiger partial charge in [-0.25, -0.2) is 8.78 Å². The van der Waals surface area contributed by atoms with Gasteiger partial charge in [0, 0.05) is 18.2 Å². The Kier molecular flexibility index (Phi) is 3.07. The van der Waals surface area contributed by atoms with Gasteiger partial charge in [-0.05, 0) is 12.8 Å².